The molecule has 0 aliphatic rings. The van der Waals surface area contributed by atoms with Gasteiger partial charge in [-0.3, -0.25) is 19.5 Å². The number of hydrogen-bond donors (Lipinski definition) is 1. The van der Waals surface area contributed by atoms with Gasteiger partial charge in [0.15, 0.2) is 11.0 Å². The summed E-state index contributed by atoms with van der Waals surface area (Å²) in [7, 11) is 0. The van der Waals surface area contributed by atoms with Gasteiger partial charge in [0.1, 0.15) is 11.4 Å². The molecule has 4 rings (SSSR count). The summed E-state index contributed by atoms with van der Waals surface area (Å²) in [6.45, 7) is 2.34. The molecule has 0 saturated carbocycles. The number of halogens is 1. The summed E-state index contributed by atoms with van der Waals surface area (Å²) in [6.07, 6.45) is 1.59. The quantitative estimate of drug-likeness (QED) is 0.208. The summed E-state index contributed by atoms with van der Waals surface area (Å²) < 4.78 is 7.33. The number of thioether (sulfide) groups is 1. The minimum Gasteiger partial charge on any atom is -0.469 e. The first-order valence-electron chi connectivity index (χ1n) is 9.80. The second-order valence-electron chi connectivity index (χ2n) is 7.02. The number of nitrogens with one attached hydrogen (secondary N) is 1. The van der Waals surface area contributed by atoms with Crippen LogP contribution in [-0.2, 0) is 11.3 Å². The molecule has 0 radical (unpaired) electrons. The van der Waals surface area contributed by atoms with Crippen LogP contribution in [0.25, 0.3) is 11.4 Å². The van der Waals surface area contributed by atoms with E-state index in [-0.39, 0.29) is 22.2 Å². The van der Waals surface area contributed by atoms with E-state index >= 15 is 0 Å². The zero-order valence-corrected chi connectivity index (χ0v) is 19.0. The molecule has 0 aliphatic heterocycles. The highest BCUT2D eigenvalue weighted by Crippen LogP contribution is 2.30. The summed E-state index contributed by atoms with van der Waals surface area (Å²) in [5, 5.41) is 23.2. The highest BCUT2D eigenvalue weighted by molar-refractivity contribution is 7.99. The van der Waals surface area contributed by atoms with E-state index in [0.717, 1.165) is 11.1 Å². The predicted octanol–water partition coefficient (Wildman–Crippen LogP) is 5.19. The van der Waals surface area contributed by atoms with Crippen molar-refractivity contribution in [2.24, 2.45) is 0 Å². The molecule has 1 amide bonds. The molecule has 0 unspecified atom stereocenters. The fraction of sp³-hybridized carbons (Fsp3) is 0.136. The number of nitro benzene ring substituents is 1. The third-order valence-electron chi connectivity index (χ3n) is 4.76. The van der Waals surface area contributed by atoms with Crippen LogP contribution in [0.2, 0.25) is 5.02 Å². The molecule has 168 valence electrons. The molecule has 9 nitrogen and oxygen atoms in total. The normalized spacial score (nSPS) is 10.8. The van der Waals surface area contributed by atoms with Crippen LogP contribution < -0.4 is 5.32 Å². The van der Waals surface area contributed by atoms with Crippen molar-refractivity contribution in [2.75, 3.05) is 11.1 Å². The van der Waals surface area contributed by atoms with Crippen LogP contribution in [0, 0.1) is 17.0 Å². The Hall–Kier alpha value is -3.63. The first kappa shape index (κ1) is 22.6. The lowest BCUT2D eigenvalue weighted by Gasteiger charge is -2.10. The van der Waals surface area contributed by atoms with E-state index in [1.165, 1.54) is 30.0 Å². The maximum atomic E-state index is 12.5. The molecule has 0 saturated heterocycles. The lowest BCUT2D eigenvalue weighted by molar-refractivity contribution is -0.383. The van der Waals surface area contributed by atoms with Crippen LogP contribution in [0.4, 0.5) is 11.4 Å². The van der Waals surface area contributed by atoms with Gasteiger partial charge in [0.2, 0.25) is 5.91 Å². The maximum Gasteiger partial charge on any atom is 0.294 e. The van der Waals surface area contributed by atoms with E-state index < -0.39 is 10.8 Å². The second kappa shape index (κ2) is 9.88. The number of nitrogens with zero attached hydrogens (tertiary/aromatic N) is 4. The van der Waals surface area contributed by atoms with Crippen LogP contribution in [0.15, 0.2) is 70.4 Å². The van der Waals surface area contributed by atoms with E-state index in [9.17, 15) is 14.9 Å². The summed E-state index contributed by atoms with van der Waals surface area (Å²) in [5.41, 5.74) is 1.66. The molecular weight excluding hydrogens is 466 g/mol. The molecule has 33 heavy (non-hydrogen) atoms. The van der Waals surface area contributed by atoms with E-state index in [1.807, 2.05) is 47.9 Å². The number of carbonyl (C=O) groups excluding carboxylic acids is 1. The number of amides is 1. The van der Waals surface area contributed by atoms with Crippen molar-refractivity contribution < 1.29 is 14.1 Å². The standard InChI is InChI=1S/C22H18ClN5O4S/c1-14-17(9-10-32-14)21-25-26-22(27(21)12-15-5-3-2-4-6-15)33-13-20(29)24-18-8-7-16(23)11-19(18)28(30)31/h2-11H,12-13H2,1H3,(H,24,29). The minimum absolute atomic E-state index is 0.0168. The fourth-order valence-electron chi connectivity index (χ4n) is 3.20. The number of furan rings is 1. The lowest BCUT2D eigenvalue weighted by Crippen LogP contribution is -2.16. The Balaban J connectivity index is 1.55. The Bertz CT molecular complexity index is 1310. The third kappa shape index (κ3) is 5.24. The van der Waals surface area contributed by atoms with Gasteiger partial charge < -0.3 is 9.73 Å². The molecule has 11 heteroatoms. The largest absolute Gasteiger partial charge is 0.469 e. The van der Waals surface area contributed by atoms with Gasteiger partial charge in [0.05, 0.1) is 29.0 Å². The number of rotatable bonds is 8. The van der Waals surface area contributed by atoms with Crippen LogP contribution in [0.5, 0.6) is 0 Å². The lowest BCUT2D eigenvalue weighted by atomic mass is 10.2. The van der Waals surface area contributed by atoms with Crippen LogP contribution in [0.1, 0.15) is 11.3 Å². The average Bonchev–Trinajstić information content (AvgIpc) is 3.39. The second-order valence-corrected chi connectivity index (χ2v) is 8.40. The minimum atomic E-state index is -0.593. The first-order chi connectivity index (χ1) is 15.9. The third-order valence-corrected chi connectivity index (χ3v) is 5.96. The molecule has 2 aromatic heterocycles. The predicted molar refractivity (Wildman–Crippen MR) is 125 cm³/mol. The number of carbonyl (C=O) groups is 1. The van der Waals surface area contributed by atoms with Crippen molar-refractivity contribution in [3.63, 3.8) is 0 Å². The molecule has 1 N–H and O–H groups in total. The van der Waals surface area contributed by atoms with E-state index in [0.29, 0.717) is 23.3 Å². The Kier molecular flexibility index (Phi) is 6.76. The van der Waals surface area contributed by atoms with Crippen LogP contribution in [0.3, 0.4) is 0 Å². The Morgan fingerprint density at radius 2 is 2.00 bits per heavy atom. The van der Waals surface area contributed by atoms with Crippen LogP contribution in [-0.4, -0.2) is 31.3 Å². The highest BCUT2D eigenvalue weighted by atomic mass is 35.5. The summed E-state index contributed by atoms with van der Waals surface area (Å²) >= 11 is 7.02. The van der Waals surface area contributed by atoms with Crippen molar-refractivity contribution in [1.82, 2.24) is 14.8 Å². The number of aromatic nitrogens is 3. The SMILES string of the molecule is Cc1occc1-c1nnc(SCC(=O)Nc2ccc(Cl)cc2[N+](=O)[O-])n1Cc1ccccc1. The fourth-order valence-corrected chi connectivity index (χ4v) is 4.10. The van der Waals surface area contributed by atoms with Gasteiger partial charge in [0.25, 0.3) is 5.69 Å². The average molecular weight is 484 g/mol. The van der Waals surface area contributed by atoms with E-state index in [1.54, 1.807) is 6.26 Å². The van der Waals surface area contributed by atoms with Crippen molar-refractivity contribution >= 4 is 40.6 Å². The monoisotopic (exact) mass is 483 g/mol. The first-order valence-corrected chi connectivity index (χ1v) is 11.2. The van der Waals surface area contributed by atoms with Gasteiger partial charge >= 0.3 is 0 Å². The highest BCUT2D eigenvalue weighted by Gasteiger charge is 2.20. The molecule has 2 heterocycles. The number of hydrogen-bond acceptors (Lipinski definition) is 7. The zero-order chi connectivity index (χ0) is 23.4. The van der Waals surface area contributed by atoms with Crippen molar-refractivity contribution in [3.8, 4) is 11.4 Å². The smallest absolute Gasteiger partial charge is 0.294 e. The number of benzene rings is 2. The van der Waals surface area contributed by atoms with Gasteiger partial charge in [-0.25, -0.2) is 0 Å². The van der Waals surface area contributed by atoms with Crippen molar-refractivity contribution in [2.45, 2.75) is 18.6 Å². The topological polar surface area (TPSA) is 116 Å². The molecule has 0 spiro atoms. The van der Waals surface area contributed by atoms with E-state index in [4.69, 9.17) is 16.0 Å². The molecule has 0 fully saturated rings. The summed E-state index contributed by atoms with van der Waals surface area (Å²) in [5.74, 6) is 0.903. The Labute approximate surface area is 197 Å². The summed E-state index contributed by atoms with van der Waals surface area (Å²) in [4.78, 5) is 23.2. The summed E-state index contributed by atoms with van der Waals surface area (Å²) in [6, 6.07) is 15.7. The Morgan fingerprint density at radius 1 is 1.21 bits per heavy atom. The van der Waals surface area contributed by atoms with Crippen molar-refractivity contribution in [3.05, 3.63) is 87.3 Å². The van der Waals surface area contributed by atoms with E-state index in [2.05, 4.69) is 15.5 Å². The molecule has 0 aliphatic carbocycles. The molecule has 0 bridgehead atoms. The van der Waals surface area contributed by atoms with Gasteiger partial charge in [0, 0.05) is 11.1 Å². The van der Waals surface area contributed by atoms with Crippen LogP contribution >= 0.6 is 23.4 Å². The number of aryl methyl sites for hydroxylation is 1. The Morgan fingerprint density at radius 3 is 2.70 bits per heavy atom. The maximum absolute atomic E-state index is 12.5. The van der Waals surface area contributed by atoms with Gasteiger partial charge in [-0.2, -0.15) is 0 Å². The van der Waals surface area contributed by atoms with Gasteiger partial charge in [-0.05, 0) is 30.7 Å². The molecule has 2 aromatic carbocycles. The molecular formula is C22H18ClN5O4S. The molecule has 0 atom stereocenters. The zero-order valence-electron chi connectivity index (χ0n) is 17.4. The van der Waals surface area contributed by atoms with Gasteiger partial charge in [-0.15, -0.1) is 10.2 Å². The number of nitro groups is 1. The van der Waals surface area contributed by atoms with Gasteiger partial charge in [-0.1, -0.05) is 53.7 Å². The van der Waals surface area contributed by atoms with Crippen molar-refractivity contribution in [1.29, 1.82) is 0 Å². The number of anilines is 1. The molecule has 4 aromatic rings.